The zero-order chi connectivity index (χ0) is 17.9. The molecule has 7 heteroatoms. The van der Waals surface area contributed by atoms with Crippen molar-refractivity contribution in [3.05, 3.63) is 29.1 Å². The molecule has 2 N–H and O–H groups in total. The van der Waals surface area contributed by atoms with Gasteiger partial charge in [-0.25, -0.2) is 9.78 Å². The van der Waals surface area contributed by atoms with E-state index in [4.69, 9.17) is 5.11 Å². The number of pyridine rings is 1. The Morgan fingerprint density at radius 1 is 1.25 bits per heavy atom. The van der Waals surface area contributed by atoms with Crippen molar-refractivity contribution in [2.24, 2.45) is 5.41 Å². The van der Waals surface area contributed by atoms with Gasteiger partial charge in [0.05, 0.1) is 16.7 Å². The van der Waals surface area contributed by atoms with Crippen LogP contribution in [0.5, 0.6) is 0 Å². The fraction of sp³-hybridized carbons (Fsp3) is 0.529. The maximum absolute atomic E-state index is 12.5. The van der Waals surface area contributed by atoms with Crippen molar-refractivity contribution in [3.8, 4) is 0 Å². The van der Waals surface area contributed by atoms with Crippen molar-refractivity contribution in [2.75, 3.05) is 20.6 Å². The molecule has 0 spiro atoms. The highest BCUT2D eigenvalue weighted by Gasteiger charge is 2.42. The summed E-state index contributed by atoms with van der Waals surface area (Å²) in [6.45, 7) is 1.82. The molecule has 1 aromatic heterocycles. The lowest BCUT2D eigenvalue weighted by Crippen LogP contribution is -2.46. The van der Waals surface area contributed by atoms with Crippen molar-refractivity contribution in [3.63, 3.8) is 0 Å². The molecule has 24 heavy (non-hydrogen) atoms. The van der Waals surface area contributed by atoms with Gasteiger partial charge in [0.1, 0.15) is 5.69 Å². The van der Waals surface area contributed by atoms with Gasteiger partial charge in [-0.1, -0.05) is 12.8 Å². The lowest BCUT2D eigenvalue weighted by Gasteiger charge is -2.30. The van der Waals surface area contributed by atoms with Crippen LogP contribution in [-0.2, 0) is 4.79 Å². The van der Waals surface area contributed by atoms with Gasteiger partial charge in [0.25, 0.3) is 5.91 Å². The molecule has 0 atom stereocenters. The van der Waals surface area contributed by atoms with Gasteiger partial charge in [0.2, 0.25) is 5.91 Å². The summed E-state index contributed by atoms with van der Waals surface area (Å²) >= 11 is 0. The van der Waals surface area contributed by atoms with Crippen molar-refractivity contribution in [2.45, 2.75) is 32.6 Å². The third-order valence-electron chi connectivity index (χ3n) is 4.56. The van der Waals surface area contributed by atoms with Crippen LogP contribution in [0.25, 0.3) is 0 Å². The van der Waals surface area contributed by atoms with Crippen molar-refractivity contribution in [1.29, 1.82) is 0 Å². The zero-order valence-corrected chi connectivity index (χ0v) is 14.3. The van der Waals surface area contributed by atoms with Gasteiger partial charge < -0.3 is 15.3 Å². The SMILES string of the molecule is Cc1nc(C(=O)NCC2(C(=O)N(C)C)CCCC2)ccc1C(=O)O. The van der Waals surface area contributed by atoms with Crippen LogP contribution >= 0.6 is 0 Å². The number of carboxylic acid groups (broad SMARTS) is 1. The molecule has 7 nitrogen and oxygen atoms in total. The summed E-state index contributed by atoms with van der Waals surface area (Å²) in [6, 6.07) is 2.76. The summed E-state index contributed by atoms with van der Waals surface area (Å²) in [4.78, 5) is 41.4. The molecule has 0 aromatic carbocycles. The molecule has 2 rings (SSSR count). The molecule has 0 radical (unpaired) electrons. The molecule has 130 valence electrons. The maximum atomic E-state index is 12.5. The first kappa shape index (κ1) is 17.9. The van der Waals surface area contributed by atoms with Gasteiger partial charge >= 0.3 is 5.97 Å². The first-order chi connectivity index (χ1) is 11.3. The molecule has 1 aromatic rings. The highest BCUT2D eigenvalue weighted by Crippen LogP contribution is 2.38. The highest BCUT2D eigenvalue weighted by atomic mass is 16.4. The van der Waals surface area contributed by atoms with Crippen molar-refractivity contribution in [1.82, 2.24) is 15.2 Å². The Labute approximate surface area is 141 Å². The van der Waals surface area contributed by atoms with Gasteiger partial charge in [-0.15, -0.1) is 0 Å². The van der Waals surface area contributed by atoms with E-state index in [1.165, 1.54) is 12.1 Å². The van der Waals surface area contributed by atoms with Crippen molar-refractivity contribution < 1.29 is 19.5 Å². The van der Waals surface area contributed by atoms with Crippen LogP contribution in [-0.4, -0.2) is 53.4 Å². The molecule has 1 aliphatic carbocycles. The van der Waals surface area contributed by atoms with E-state index in [0.717, 1.165) is 25.7 Å². The lowest BCUT2D eigenvalue weighted by atomic mass is 9.84. The predicted octanol–water partition coefficient (Wildman–Crippen LogP) is 1.47. The Morgan fingerprint density at radius 2 is 1.88 bits per heavy atom. The van der Waals surface area contributed by atoms with Crippen LogP contribution in [0.1, 0.15) is 52.2 Å². The number of aryl methyl sites for hydroxylation is 1. The molecule has 0 unspecified atom stereocenters. The third-order valence-corrected chi connectivity index (χ3v) is 4.56. The summed E-state index contributed by atoms with van der Waals surface area (Å²) in [5, 5.41) is 11.8. The molecule has 1 fully saturated rings. The Balaban J connectivity index is 2.10. The number of nitrogens with zero attached hydrogens (tertiary/aromatic N) is 2. The zero-order valence-electron chi connectivity index (χ0n) is 14.3. The molecule has 2 amide bonds. The molecular weight excluding hydrogens is 310 g/mol. The van der Waals surface area contributed by atoms with E-state index >= 15 is 0 Å². The monoisotopic (exact) mass is 333 g/mol. The van der Waals surface area contributed by atoms with Crippen LogP contribution in [0.3, 0.4) is 0 Å². The smallest absolute Gasteiger partial charge is 0.337 e. The van der Waals surface area contributed by atoms with Gasteiger partial charge in [0.15, 0.2) is 0 Å². The van der Waals surface area contributed by atoms with Crippen LogP contribution < -0.4 is 5.32 Å². The number of amides is 2. The number of carbonyl (C=O) groups is 3. The molecular formula is C17H23N3O4. The summed E-state index contributed by atoms with van der Waals surface area (Å²) in [7, 11) is 3.44. The first-order valence-corrected chi connectivity index (χ1v) is 7.98. The second-order valence-electron chi connectivity index (χ2n) is 6.50. The van der Waals surface area contributed by atoms with E-state index in [0.29, 0.717) is 0 Å². The number of aromatic nitrogens is 1. The fourth-order valence-electron chi connectivity index (χ4n) is 3.25. The Hall–Kier alpha value is -2.44. The maximum Gasteiger partial charge on any atom is 0.337 e. The van der Waals surface area contributed by atoms with E-state index in [1.807, 2.05) is 0 Å². The largest absolute Gasteiger partial charge is 0.478 e. The standard InChI is InChI=1S/C17H23N3O4/c1-11-12(15(22)23)6-7-13(19-11)14(21)18-10-17(8-4-5-9-17)16(24)20(2)3/h6-7H,4-5,8-10H2,1-3H3,(H,18,21)(H,22,23). The summed E-state index contributed by atoms with van der Waals surface area (Å²) < 4.78 is 0. The Bertz CT molecular complexity index is 664. The number of hydrogen-bond acceptors (Lipinski definition) is 4. The fourth-order valence-corrected chi connectivity index (χ4v) is 3.25. The average molecular weight is 333 g/mol. The van der Waals surface area contributed by atoms with Gasteiger partial charge in [-0.3, -0.25) is 9.59 Å². The normalized spacial score (nSPS) is 15.8. The van der Waals surface area contributed by atoms with E-state index in [1.54, 1.807) is 25.9 Å². The van der Waals surface area contributed by atoms with Crippen LogP contribution in [0.15, 0.2) is 12.1 Å². The molecule has 1 aliphatic rings. The number of aromatic carboxylic acids is 1. The minimum Gasteiger partial charge on any atom is -0.478 e. The minimum absolute atomic E-state index is 0.0330. The molecule has 1 saturated carbocycles. The van der Waals surface area contributed by atoms with Crippen LogP contribution in [0.4, 0.5) is 0 Å². The van der Waals surface area contributed by atoms with E-state index in [-0.39, 0.29) is 29.4 Å². The minimum atomic E-state index is -1.08. The summed E-state index contributed by atoms with van der Waals surface area (Å²) in [5.41, 5.74) is -0.0329. The Morgan fingerprint density at radius 3 is 2.38 bits per heavy atom. The third kappa shape index (κ3) is 3.55. The second kappa shape index (κ2) is 6.98. The van der Waals surface area contributed by atoms with E-state index in [2.05, 4.69) is 10.3 Å². The topological polar surface area (TPSA) is 99.6 Å². The number of rotatable bonds is 5. The summed E-state index contributed by atoms with van der Waals surface area (Å²) in [6.07, 6.45) is 3.46. The lowest BCUT2D eigenvalue weighted by molar-refractivity contribution is -0.138. The van der Waals surface area contributed by atoms with Gasteiger partial charge in [-0.2, -0.15) is 0 Å². The van der Waals surface area contributed by atoms with Crippen molar-refractivity contribution >= 4 is 17.8 Å². The predicted molar refractivity (Wildman–Crippen MR) is 87.9 cm³/mol. The molecule has 1 heterocycles. The average Bonchev–Trinajstić information content (AvgIpc) is 3.01. The summed E-state index contributed by atoms with van der Waals surface area (Å²) in [5.74, 6) is -1.44. The first-order valence-electron chi connectivity index (χ1n) is 7.98. The number of carboxylic acids is 1. The molecule has 0 bridgehead atoms. The quantitative estimate of drug-likeness (QED) is 0.850. The van der Waals surface area contributed by atoms with Crippen LogP contribution in [0.2, 0.25) is 0 Å². The molecule has 0 saturated heterocycles. The van der Waals surface area contributed by atoms with Gasteiger partial charge in [0, 0.05) is 20.6 Å². The molecule has 0 aliphatic heterocycles. The van der Waals surface area contributed by atoms with Gasteiger partial charge in [-0.05, 0) is 31.9 Å². The highest BCUT2D eigenvalue weighted by molar-refractivity contribution is 5.95. The van der Waals surface area contributed by atoms with E-state index < -0.39 is 17.3 Å². The Kier molecular flexibility index (Phi) is 5.21. The van der Waals surface area contributed by atoms with E-state index in [9.17, 15) is 14.4 Å². The van der Waals surface area contributed by atoms with Crippen LogP contribution in [0, 0.1) is 12.3 Å². The number of nitrogens with one attached hydrogen (secondary N) is 1. The number of hydrogen-bond donors (Lipinski definition) is 2. The number of carbonyl (C=O) groups excluding carboxylic acids is 2. The second-order valence-corrected chi connectivity index (χ2v) is 6.50.